The zero-order valence-electron chi connectivity index (χ0n) is 16.8. The lowest BCUT2D eigenvalue weighted by atomic mass is 9.98. The number of benzene rings is 1. The van der Waals surface area contributed by atoms with Crippen molar-refractivity contribution in [3.05, 3.63) is 45.9 Å². The van der Waals surface area contributed by atoms with Gasteiger partial charge in [0.25, 0.3) is 0 Å². The quantitative estimate of drug-likeness (QED) is 0.685. The van der Waals surface area contributed by atoms with E-state index in [1.807, 2.05) is 36.6 Å². The van der Waals surface area contributed by atoms with Gasteiger partial charge in [0.2, 0.25) is 15.9 Å². The first-order valence-electron chi connectivity index (χ1n) is 9.64. The number of nitrogens with zero attached hydrogens (tertiary/aromatic N) is 2. The molecule has 29 heavy (non-hydrogen) atoms. The molecule has 3 rings (SSSR count). The van der Waals surface area contributed by atoms with E-state index in [-0.39, 0.29) is 12.3 Å². The lowest BCUT2D eigenvalue weighted by Gasteiger charge is -2.30. The monoisotopic (exact) mass is 437 g/mol. The number of hydrogen-bond donors (Lipinski definition) is 1. The van der Waals surface area contributed by atoms with Gasteiger partial charge in [-0.2, -0.15) is 0 Å². The molecule has 0 atom stereocenters. The second-order valence-corrected chi connectivity index (χ2v) is 10.3. The van der Waals surface area contributed by atoms with Crippen LogP contribution in [0.4, 0.5) is 0 Å². The topological polar surface area (TPSA) is 88.6 Å². The molecular formula is C20H27N3O4S2. The molecule has 1 aromatic carbocycles. The van der Waals surface area contributed by atoms with Crippen LogP contribution in [0.5, 0.6) is 5.75 Å². The first-order valence-corrected chi connectivity index (χ1v) is 12.4. The number of sulfonamides is 1. The first-order chi connectivity index (χ1) is 13.8. The van der Waals surface area contributed by atoms with E-state index in [0.29, 0.717) is 32.2 Å². The van der Waals surface area contributed by atoms with Crippen molar-refractivity contribution in [3.8, 4) is 5.75 Å². The van der Waals surface area contributed by atoms with Gasteiger partial charge in [0.15, 0.2) is 0 Å². The maximum Gasteiger partial charge on any atom is 0.226 e. The van der Waals surface area contributed by atoms with Gasteiger partial charge in [0, 0.05) is 25.0 Å². The van der Waals surface area contributed by atoms with Crippen molar-refractivity contribution in [2.75, 3.05) is 25.9 Å². The highest BCUT2D eigenvalue weighted by Gasteiger charge is 2.25. The highest BCUT2D eigenvalue weighted by Crippen LogP contribution is 2.19. The van der Waals surface area contributed by atoms with Crippen LogP contribution in [0.2, 0.25) is 0 Å². The number of ether oxygens (including phenoxy) is 1. The summed E-state index contributed by atoms with van der Waals surface area (Å²) < 4.78 is 30.3. The molecule has 1 amide bonds. The second-order valence-electron chi connectivity index (χ2n) is 7.42. The van der Waals surface area contributed by atoms with E-state index in [2.05, 4.69) is 10.3 Å². The number of carbonyl (C=O) groups is 1. The van der Waals surface area contributed by atoms with Crippen molar-refractivity contribution in [1.29, 1.82) is 0 Å². The molecule has 1 saturated heterocycles. The second kappa shape index (κ2) is 9.69. The molecule has 1 aliphatic heterocycles. The van der Waals surface area contributed by atoms with E-state index >= 15 is 0 Å². The van der Waals surface area contributed by atoms with Crippen LogP contribution >= 0.6 is 11.3 Å². The average Bonchev–Trinajstić information content (AvgIpc) is 3.13. The summed E-state index contributed by atoms with van der Waals surface area (Å²) in [5.41, 5.74) is 1.92. The Bertz CT molecular complexity index is 917. The minimum Gasteiger partial charge on any atom is -0.486 e. The largest absolute Gasteiger partial charge is 0.486 e. The summed E-state index contributed by atoms with van der Waals surface area (Å²) in [6.07, 6.45) is 3.02. The van der Waals surface area contributed by atoms with E-state index in [1.165, 1.54) is 27.5 Å². The summed E-state index contributed by atoms with van der Waals surface area (Å²) >= 11 is 1.48. The normalized spacial score (nSPS) is 15.9. The Morgan fingerprint density at radius 1 is 1.28 bits per heavy atom. The van der Waals surface area contributed by atoms with Gasteiger partial charge in [-0.1, -0.05) is 17.7 Å². The fourth-order valence-corrected chi connectivity index (χ4v) is 4.79. The molecule has 1 aliphatic rings. The van der Waals surface area contributed by atoms with Gasteiger partial charge in [-0.15, -0.1) is 11.3 Å². The smallest absolute Gasteiger partial charge is 0.226 e. The number of aryl methyl sites for hydroxylation is 1. The zero-order valence-corrected chi connectivity index (χ0v) is 18.4. The summed E-state index contributed by atoms with van der Waals surface area (Å²) in [4.78, 5) is 16.7. The fourth-order valence-electron chi connectivity index (χ4n) is 3.21. The maximum absolute atomic E-state index is 12.2. The molecule has 7 nitrogen and oxygen atoms in total. The number of piperidine rings is 1. The van der Waals surface area contributed by atoms with E-state index in [4.69, 9.17) is 4.74 Å². The summed E-state index contributed by atoms with van der Waals surface area (Å²) in [5.74, 6) is 1.05. The molecule has 0 radical (unpaired) electrons. The van der Waals surface area contributed by atoms with Gasteiger partial charge in [0.05, 0.1) is 18.4 Å². The van der Waals surface area contributed by atoms with Crippen LogP contribution in [0, 0.1) is 12.8 Å². The van der Waals surface area contributed by atoms with Crippen LogP contribution in [0.15, 0.2) is 29.6 Å². The third kappa shape index (κ3) is 6.80. The lowest BCUT2D eigenvalue weighted by Crippen LogP contribution is -2.41. The Hall–Kier alpha value is -1.97. The molecule has 1 N–H and O–H groups in total. The standard InChI is InChI=1S/C20H27N3O4S2/c1-15-3-5-18(6-4-15)27-13-20-22-17(14-28-20)11-19(24)21-12-16-7-9-23(10-8-16)29(2,25)26/h3-6,14,16H,7-13H2,1-2H3,(H,21,24). The van der Waals surface area contributed by atoms with Crippen molar-refractivity contribution in [3.63, 3.8) is 0 Å². The van der Waals surface area contributed by atoms with Gasteiger partial charge in [-0.25, -0.2) is 17.7 Å². The molecule has 1 aromatic heterocycles. The van der Waals surface area contributed by atoms with Crippen LogP contribution < -0.4 is 10.1 Å². The Morgan fingerprint density at radius 2 is 1.97 bits per heavy atom. The molecule has 0 bridgehead atoms. The molecule has 2 aromatic rings. The molecule has 158 valence electrons. The highest BCUT2D eigenvalue weighted by atomic mass is 32.2. The molecule has 0 unspecified atom stereocenters. The molecule has 0 saturated carbocycles. The van der Waals surface area contributed by atoms with E-state index < -0.39 is 10.0 Å². The van der Waals surface area contributed by atoms with Crippen LogP contribution in [-0.4, -0.2) is 49.5 Å². The van der Waals surface area contributed by atoms with Gasteiger partial charge in [-0.05, 0) is 37.8 Å². The third-order valence-electron chi connectivity index (χ3n) is 4.95. The first kappa shape index (κ1) is 21.7. The van der Waals surface area contributed by atoms with Crippen LogP contribution in [0.3, 0.4) is 0 Å². The van der Waals surface area contributed by atoms with Gasteiger partial charge < -0.3 is 10.1 Å². The number of rotatable bonds is 8. The number of aromatic nitrogens is 1. The van der Waals surface area contributed by atoms with Crippen molar-refractivity contribution in [2.45, 2.75) is 32.8 Å². The summed E-state index contributed by atoms with van der Waals surface area (Å²) in [7, 11) is -3.11. The predicted octanol–water partition coefficient (Wildman–Crippen LogP) is 2.36. The predicted molar refractivity (Wildman–Crippen MR) is 113 cm³/mol. The van der Waals surface area contributed by atoms with Gasteiger partial charge in [0.1, 0.15) is 17.4 Å². The van der Waals surface area contributed by atoms with Gasteiger partial charge in [-0.3, -0.25) is 4.79 Å². The number of thiazole rings is 1. The number of amides is 1. The zero-order chi connectivity index (χ0) is 20.9. The number of carbonyl (C=O) groups excluding carboxylic acids is 1. The maximum atomic E-state index is 12.2. The third-order valence-corrected chi connectivity index (χ3v) is 7.13. The Labute approximate surface area is 176 Å². The van der Waals surface area contributed by atoms with Crippen molar-refractivity contribution >= 4 is 27.3 Å². The summed E-state index contributed by atoms with van der Waals surface area (Å²) in [5, 5.41) is 5.67. The van der Waals surface area contributed by atoms with Gasteiger partial charge >= 0.3 is 0 Å². The molecule has 9 heteroatoms. The Balaban J connectivity index is 1.38. The Morgan fingerprint density at radius 3 is 2.62 bits per heavy atom. The van der Waals surface area contributed by atoms with Crippen LogP contribution in [0.25, 0.3) is 0 Å². The average molecular weight is 438 g/mol. The van der Waals surface area contributed by atoms with E-state index in [1.54, 1.807) is 0 Å². The number of nitrogens with one attached hydrogen (secondary N) is 1. The molecule has 0 aliphatic carbocycles. The van der Waals surface area contributed by atoms with Crippen LogP contribution in [0.1, 0.15) is 29.1 Å². The van der Waals surface area contributed by atoms with Crippen molar-refractivity contribution < 1.29 is 17.9 Å². The summed E-state index contributed by atoms with van der Waals surface area (Å²) in [6, 6.07) is 7.85. The van der Waals surface area contributed by atoms with Crippen molar-refractivity contribution in [1.82, 2.24) is 14.6 Å². The lowest BCUT2D eigenvalue weighted by molar-refractivity contribution is -0.120. The van der Waals surface area contributed by atoms with E-state index in [9.17, 15) is 13.2 Å². The molecule has 2 heterocycles. The van der Waals surface area contributed by atoms with Crippen LogP contribution in [-0.2, 0) is 27.8 Å². The Kier molecular flexibility index (Phi) is 7.26. The van der Waals surface area contributed by atoms with E-state index in [0.717, 1.165) is 29.3 Å². The fraction of sp³-hybridized carbons (Fsp3) is 0.500. The molecule has 1 fully saturated rings. The SMILES string of the molecule is Cc1ccc(OCc2nc(CC(=O)NCC3CCN(S(C)(=O)=O)CC3)cs2)cc1. The van der Waals surface area contributed by atoms with Crippen molar-refractivity contribution in [2.24, 2.45) is 5.92 Å². The number of hydrogen-bond acceptors (Lipinski definition) is 6. The molecular weight excluding hydrogens is 410 g/mol. The minimum atomic E-state index is -3.11. The highest BCUT2D eigenvalue weighted by molar-refractivity contribution is 7.88. The summed E-state index contributed by atoms with van der Waals surface area (Å²) in [6.45, 7) is 4.03. The minimum absolute atomic E-state index is 0.0631. The molecule has 0 spiro atoms.